The van der Waals surface area contributed by atoms with Gasteiger partial charge in [-0.1, -0.05) is 48.0 Å². The Morgan fingerprint density at radius 2 is 1.64 bits per heavy atom. The average Bonchev–Trinajstić information content (AvgIpc) is 2.80. The largest absolute Gasteiger partial charge is 0.462 e. The number of hydrogen-bond donors (Lipinski definition) is 1. The Balaban J connectivity index is 1.93. The van der Waals surface area contributed by atoms with Crippen LogP contribution in [0.15, 0.2) is 77.7 Å². The first-order valence-electron chi connectivity index (χ1n) is 10.1. The van der Waals surface area contributed by atoms with Crippen LogP contribution in [0.5, 0.6) is 0 Å². The van der Waals surface area contributed by atoms with Gasteiger partial charge in [-0.2, -0.15) is 0 Å². The van der Waals surface area contributed by atoms with Crippen molar-refractivity contribution >= 4 is 44.9 Å². The summed E-state index contributed by atoms with van der Waals surface area (Å²) in [4.78, 5) is 25.1. The number of nitrogens with one attached hydrogen (secondary N) is 1. The van der Waals surface area contributed by atoms with Gasteiger partial charge in [0.1, 0.15) is 6.54 Å². The Labute approximate surface area is 198 Å². The summed E-state index contributed by atoms with van der Waals surface area (Å²) in [5.74, 6) is -1.10. The van der Waals surface area contributed by atoms with E-state index in [-0.39, 0.29) is 22.2 Å². The number of hydrogen-bond acceptors (Lipinski definition) is 5. The minimum Gasteiger partial charge on any atom is -0.462 e. The summed E-state index contributed by atoms with van der Waals surface area (Å²) < 4.78 is 32.8. The molecule has 0 heterocycles. The minimum absolute atomic E-state index is 0.0261. The molecule has 0 aliphatic carbocycles. The maximum atomic E-state index is 13.4. The van der Waals surface area contributed by atoms with E-state index in [1.165, 1.54) is 18.2 Å². The van der Waals surface area contributed by atoms with Gasteiger partial charge in [-0.05, 0) is 55.8 Å². The fraction of sp³-hybridized carbons (Fsp3) is 0.167. The lowest BCUT2D eigenvalue weighted by Crippen LogP contribution is -2.38. The minimum atomic E-state index is -4.09. The molecule has 0 bridgehead atoms. The quantitative estimate of drug-likeness (QED) is 0.467. The van der Waals surface area contributed by atoms with Crippen molar-refractivity contribution in [2.24, 2.45) is 0 Å². The molecule has 172 valence electrons. The molecule has 0 spiro atoms. The van der Waals surface area contributed by atoms with Crippen molar-refractivity contribution in [1.29, 1.82) is 0 Å². The van der Waals surface area contributed by atoms with Crippen LogP contribution >= 0.6 is 11.6 Å². The van der Waals surface area contributed by atoms with Crippen LogP contribution in [0, 0.1) is 6.92 Å². The number of nitrogens with zero attached hydrogens (tertiary/aromatic N) is 1. The molecular weight excluding hydrogens is 464 g/mol. The average molecular weight is 487 g/mol. The lowest BCUT2D eigenvalue weighted by molar-refractivity contribution is -0.114. The van der Waals surface area contributed by atoms with Gasteiger partial charge in [0.2, 0.25) is 5.91 Å². The molecule has 3 rings (SSSR count). The second kappa shape index (κ2) is 10.5. The first-order chi connectivity index (χ1) is 15.8. The molecule has 3 aromatic rings. The second-order valence-electron chi connectivity index (χ2n) is 7.02. The summed E-state index contributed by atoms with van der Waals surface area (Å²) in [6.45, 7) is 3.08. The van der Waals surface area contributed by atoms with E-state index in [0.717, 1.165) is 4.31 Å². The maximum Gasteiger partial charge on any atom is 0.338 e. The molecule has 0 aromatic heterocycles. The molecule has 0 atom stereocenters. The predicted molar refractivity (Wildman–Crippen MR) is 128 cm³/mol. The van der Waals surface area contributed by atoms with E-state index in [2.05, 4.69) is 5.32 Å². The SMILES string of the molecule is CCOC(=O)c1cccc(NC(=O)CN(c2ccccc2Cl)S(=O)(=O)c2ccccc2)c1C. The van der Waals surface area contributed by atoms with Crippen molar-refractivity contribution in [2.75, 3.05) is 22.8 Å². The summed E-state index contributed by atoms with van der Waals surface area (Å²) in [5.41, 5.74) is 1.38. The fourth-order valence-electron chi connectivity index (χ4n) is 3.19. The molecule has 0 saturated heterocycles. The molecule has 1 N–H and O–H groups in total. The molecule has 7 nitrogen and oxygen atoms in total. The number of carbonyl (C=O) groups is 2. The standard InChI is InChI=1S/C24H23ClN2O5S/c1-3-32-24(29)19-12-9-14-21(17(19)2)26-23(28)16-27(22-15-8-7-13-20(22)25)33(30,31)18-10-5-4-6-11-18/h4-15H,3,16H2,1-2H3,(H,26,28). The lowest BCUT2D eigenvalue weighted by atomic mass is 10.1. The first-order valence-corrected chi connectivity index (χ1v) is 12.0. The Bertz CT molecular complexity index is 1260. The number of halogens is 1. The van der Waals surface area contributed by atoms with Crippen molar-refractivity contribution in [3.8, 4) is 0 Å². The van der Waals surface area contributed by atoms with E-state index in [0.29, 0.717) is 16.8 Å². The normalized spacial score (nSPS) is 11.0. The van der Waals surface area contributed by atoms with E-state index in [1.54, 1.807) is 68.4 Å². The van der Waals surface area contributed by atoms with Crippen molar-refractivity contribution in [1.82, 2.24) is 0 Å². The first kappa shape index (κ1) is 24.3. The molecule has 0 saturated carbocycles. The molecule has 9 heteroatoms. The number of esters is 1. The molecule has 3 aromatic carbocycles. The third-order valence-electron chi connectivity index (χ3n) is 4.84. The number of carbonyl (C=O) groups excluding carboxylic acids is 2. The van der Waals surface area contributed by atoms with Gasteiger partial charge >= 0.3 is 5.97 Å². The Morgan fingerprint density at radius 1 is 0.970 bits per heavy atom. The Kier molecular flexibility index (Phi) is 7.73. The Hall–Kier alpha value is -3.36. The highest BCUT2D eigenvalue weighted by Gasteiger charge is 2.28. The van der Waals surface area contributed by atoms with Gasteiger partial charge in [0.05, 0.1) is 27.8 Å². The summed E-state index contributed by atoms with van der Waals surface area (Å²) in [6.07, 6.45) is 0. The van der Waals surface area contributed by atoms with Crippen LogP contribution in [0.1, 0.15) is 22.8 Å². The van der Waals surface area contributed by atoms with Crippen LogP contribution in [0.3, 0.4) is 0 Å². The van der Waals surface area contributed by atoms with Crippen molar-refractivity contribution in [3.63, 3.8) is 0 Å². The van der Waals surface area contributed by atoms with E-state index >= 15 is 0 Å². The van der Waals surface area contributed by atoms with Crippen LogP contribution in [0.25, 0.3) is 0 Å². The molecule has 0 aliphatic rings. The lowest BCUT2D eigenvalue weighted by Gasteiger charge is -2.25. The van der Waals surface area contributed by atoms with Crippen LogP contribution in [0.4, 0.5) is 11.4 Å². The fourth-order valence-corrected chi connectivity index (χ4v) is 4.94. The zero-order valence-corrected chi connectivity index (χ0v) is 19.7. The zero-order chi connectivity index (χ0) is 24.0. The monoisotopic (exact) mass is 486 g/mol. The molecule has 33 heavy (non-hydrogen) atoms. The van der Waals surface area contributed by atoms with E-state index in [1.807, 2.05) is 0 Å². The smallest absolute Gasteiger partial charge is 0.338 e. The van der Waals surface area contributed by atoms with Gasteiger partial charge in [0.25, 0.3) is 10.0 Å². The van der Waals surface area contributed by atoms with E-state index in [9.17, 15) is 18.0 Å². The van der Waals surface area contributed by atoms with Crippen LogP contribution < -0.4 is 9.62 Å². The molecule has 0 unspecified atom stereocenters. The van der Waals surface area contributed by atoms with Gasteiger partial charge in [-0.3, -0.25) is 9.10 Å². The summed E-state index contributed by atoms with van der Waals surface area (Å²) >= 11 is 6.28. The molecule has 0 radical (unpaired) electrons. The highest BCUT2D eigenvalue weighted by Crippen LogP contribution is 2.30. The van der Waals surface area contributed by atoms with Gasteiger partial charge < -0.3 is 10.1 Å². The third-order valence-corrected chi connectivity index (χ3v) is 6.94. The van der Waals surface area contributed by atoms with Gasteiger partial charge in [0.15, 0.2) is 0 Å². The number of rotatable bonds is 8. The Morgan fingerprint density at radius 3 is 2.30 bits per heavy atom. The molecular formula is C24H23ClN2O5S. The summed E-state index contributed by atoms with van der Waals surface area (Å²) in [6, 6.07) is 19.0. The number of anilines is 2. The van der Waals surface area contributed by atoms with Crippen molar-refractivity contribution < 1.29 is 22.7 Å². The van der Waals surface area contributed by atoms with E-state index in [4.69, 9.17) is 16.3 Å². The van der Waals surface area contributed by atoms with Crippen LogP contribution in [-0.2, 0) is 19.6 Å². The third kappa shape index (κ3) is 5.53. The zero-order valence-electron chi connectivity index (χ0n) is 18.1. The highest BCUT2D eigenvalue weighted by molar-refractivity contribution is 7.92. The van der Waals surface area contributed by atoms with Gasteiger partial charge in [0, 0.05) is 5.69 Å². The van der Waals surface area contributed by atoms with Crippen molar-refractivity contribution in [2.45, 2.75) is 18.7 Å². The number of ether oxygens (including phenoxy) is 1. The van der Waals surface area contributed by atoms with Crippen molar-refractivity contribution in [3.05, 3.63) is 88.9 Å². The van der Waals surface area contributed by atoms with E-state index < -0.39 is 28.4 Å². The van der Waals surface area contributed by atoms with Gasteiger partial charge in [-0.25, -0.2) is 13.2 Å². The summed E-state index contributed by atoms with van der Waals surface area (Å²) in [7, 11) is -4.09. The number of benzene rings is 3. The predicted octanol–water partition coefficient (Wildman–Crippen LogP) is 4.66. The molecule has 1 amide bonds. The number of amides is 1. The molecule has 0 aliphatic heterocycles. The molecule has 0 fully saturated rings. The van der Waals surface area contributed by atoms with Crippen LogP contribution in [-0.4, -0.2) is 33.4 Å². The van der Waals surface area contributed by atoms with Crippen LogP contribution in [0.2, 0.25) is 5.02 Å². The van der Waals surface area contributed by atoms with Gasteiger partial charge in [-0.15, -0.1) is 0 Å². The highest BCUT2D eigenvalue weighted by atomic mass is 35.5. The summed E-state index contributed by atoms with van der Waals surface area (Å²) in [5, 5.41) is 2.88. The second-order valence-corrected chi connectivity index (χ2v) is 9.29. The number of sulfonamides is 1. The maximum absolute atomic E-state index is 13.4. The topological polar surface area (TPSA) is 92.8 Å². The number of para-hydroxylation sites is 1.